The zero-order valence-electron chi connectivity index (χ0n) is 10.7. The van der Waals surface area contributed by atoms with Gasteiger partial charge >= 0.3 is 0 Å². The highest BCUT2D eigenvalue weighted by Gasteiger charge is 2.42. The van der Waals surface area contributed by atoms with Gasteiger partial charge in [-0.2, -0.15) is 0 Å². The summed E-state index contributed by atoms with van der Waals surface area (Å²) in [5.74, 6) is 0.221. The third kappa shape index (κ3) is 2.50. The predicted molar refractivity (Wildman–Crippen MR) is 68.4 cm³/mol. The molecule has 1 aromatic carbocycles. The van der Waals surface area contributed by atoms with Crippen LogP contribution >= 0.6 is 0 Å². The highest BCUT2D eigenvalue weighted by Crippen LogP contribution is 2.32. The maximum atomic E-state index is 12.0. The predicted octanol–water partition coefficient (Wildman–Crippen LogP) is 1.86. The molecule has 3 heteroatoms. The van der Waals surface area contributed by atoms with E-state index in [4.69, 9.17) is 5.73 Å². The molecule has 0 radical (unpaired) electrons. The van der Waals surface area contributed by atoms with Crippen molar-refractivity contribution < 1.29 is 4.79 Å². The van der Waals surface area contributed by atoms with Gasteiger partial charge in [-0.1, -0.05) is 29.8 Å². The van der Waals surface area contributed by atoms with Gasteiger partial charge in [-0.3, -0.25) is 4.79 Å². The van der Waals surface area contributed by atoms with Crippen LogP contribution < -0.4 is 5.73 Å². The number of amides is 1. The standard InChI is InChI=1S/C14H20N2O/c1-9-4-6-11(7-5-9)10(2)16(3)14(17)12-8-13(12)15/h4-7,10,12-13H,8,15H2,1-3H3. The number of carbonyl (C=O) groups is 1. The Kier molecular flexibility index (Phi) is 3.20. The van der Waals surface area contributed by atoms with Gasteiger partial charge in [0.15, 0.2) is 0 Å². The van der Waals surface area contributed by atoms with E-state index >= 15 is 0 Å². The molecule has 3 unspecified atom stereocenters. The van der Waals surface area contributed by atoms with Gasteiger partial charge in [-0.25, -0.2) is 0 Å². The van der Waals surface area contributed by atoms with Crippen molar-refractivity contribution in [1.82, 2.24) is 4.90 Å². The maximum Gasteiger partial charge on any atom is 0.227 e. The number of carbonyl (C=O) groups excluding carboxylic acids is 1. The van der Waals surface area contributed by atoms with Gasteiger partial charge in [0.05, 0.1) is 12.0 Å². The molecule has 3 atom stereocenters. The first-order valence-electron chi connectivity index (χ1n) is 6.09. The summed E-state index contributed by atoms with van der Waals surface area (Å²) in [6.45, 7) is 4.11. The van der Waals surface area contributed by atoms with Crippen molar-refractivity contribution in [2.24, 2.45) is 11.7 Å². The number of nitrogens with two attached hydrogens (primary N) is 1. The van der Waals surface area contributed by atoms with Crippen LogP contribution in [0.4, 0.5) is 0 Å². The molecule has 0 bridgehead atoms. The van der Waals surface area contributed by atoms with Crippen molar-refractivity contribution in [3.05, 3.63) is 35.4 Å². The fraction of sp³-hybridized carbons (Fsp3) is 0.500. The van der Waals surface area contributed by atoms with Crippen molar-refractivity contribution in [3.8, 4) is 0 Å². The van der Waals surface area contributed by atoms with Crippen molar-refractivity contribution in [1.29, 1.82) is 0 Å². The zero-order chi connectivity index (χ0) is 12.6. The first kappa shape index (κ1) is 12.1. The molecule has 92 valence electrons. The quantitative estimate of drug-likeness (QED) is 0.864. The minimum Gasteiger partial charge on any atom is -0.339 e. The molecule has 1 amide bonds. The molecule has 0 aromatic heterocycles. The first-order valence-corrected chi connectivity index (χ1v) is 6.09. The van der Waals surface area contributed by atoms with Gasteiger partial charge in [0, 0.05) is 13.1 Å². The summed E-state index contributed by atoms with van der Waals surface area (Å²) in [6.07, 6.45) is 0.837. The second-order valence-electron chi connectivity index (χ2n) is 5.04. The fourth-order valence-corrected chi connectivity index (χ4v) is 2.02. The molecule has 1 aliphatic rings. The number of rotatable bonds is 3. The number of hydrogen-bond acceptors (Lipinski definition) is 2. The second-order valence-corrected chi connectivity index (χ2v) is 5.04. The van der Waals surface area contributed by atoms with E-state index in [1.54, 1.807) is 0 Å². The van der Waals surface area contributed by atoms with E-state index in [0.717, 1.165) is 6.42 Å². The molecule has 1 aromatic rings. The van der Waals surface area contributed by atoms with E-state index in [9.17, 15) is 4.79 Å². The van der Waals surface area contributed by atoms with Gasteiger partial charge in [0.2, 0.25) is 5.91 Å². The van der Waals surface area contributed by atoms with E-state index in [1.165, 1.54) is 11.1 Å². The van der Waals surface area contributed by atoms with Gasteiger partial charge < -0.3 is 10.6 Å². The summed E-state index contributed by atoms with van der Waals surface area (Å²) in [5.41, 5.74) is 8.12. The Morgan fingerprint density at radius 2 is 1.94 bits per heavy atom. The molecule has 0 saturated heterocycles. The van der Waals surface area contributed by atoms with Gasteiger partial charge in [0.25, 0.3) is 0 Å². The average molecular weight is 232 g/mol. The van der Waals surface area contributed by atoms with Crippen LogP contribution in [-0.2, 0) is 4.79 Å². The van der Waals surface area contributed by atoms with E-state index in [0.29, 0.717) is 0 Å². The minimum absolute atomic E-state index is 0.0490. The topological polar surface area (TPSA) is 46.3 Å². The lowest BCUT2D eigenvalue weighted by molar-refractivity contribution is -0.133. The van der Waals surface area contributed by atoms with Crippen molar-refractivity contribution >= 4 is 5.91 Å². The maximum absolute atomic E-state index is 12.0. The summed E-state index contributed by atoms with van der Waals surface area (Å²) in [7, 11) is 1.86. The third-order valence-corrected chi connectivity index (χ3v) is 3.65. The van der Waals surface area contributed by atoms with Crippen LogP contribution in [0.25, 0.3) is 0 Å². The van der Waals surface area contributed by atoms with Crippen LogP contribution in [-0.4, -0.2) is 23.9 Å². The second kappa shape index (κ2) is 4.49. The zero-order valence-corrected chi connectivity index (χ0v) is 10.7. The Balaban J connectivity index is 2.06. The molecule has 2 N–H and O–H groups in total. The summed E-state index contributed by atoms with van der Waals surface area (Å²) in [5, 5.41) is 0. The number of aryl methyl sites for hydroxylation is 1. The van der Waals surface area contributed by atoms with Crippen LogP contribution in [0.2, 0.25) is 0 Å². The summed E-state index contributed by atoms with van der Waals surface area (Å²) in [4.78, 5) is 13.9. The van der Waals surface area contributed by atoms with E-state index in [1.807, 2.05) is 11.9 Å². The van der Waals surface area contributed by atoms with E-state index in [-0.39, 0.29) is 23.9 Å². The molecule has 0 spiro atoms. The Hall–Kier alpha value is -1.35. The normalized spacial score (nSPS) is 24.2. The largest absolute Gasteiger partial charge is 0.339 e. The fourth-order valence-electron chi connectivity index (χ4n) is 2.02. The lowest BCUT2D eigenvalue weighted by Crippen LogP contribution is -2.32. The van der Waals surface area contributed by atoms with Gasteiger partial charge in [-0.05, 0) is 25.8 Å². The molecule has 2 rings (SSSR count). The Labute approximate surface area is 103 Å². The molecule has 1 aliphatic carbocycles. The minimum atomic E-state index is 0.0490. The highest BCUT2D eigenvalue weighted by atomic mass is 16.2. The van der Waals surface area contributed by atoms with Crippen molar-refractivity contribution in [2.75, 3.05) is 7.05 Å². The van der Waals surface area contributed by atoms with Crippen molar-refractivity contribution in [3.63, 3.8) is 0 Å². The number of hydrogen-bond donors (Lipinski definition) is 1. The van der Waals surface area contributed by atoms with Crippen LogP contribution in [0, 0.1) is 12.8 Å². The number of nitrogens with zero attached hydrogens (tertiary/aromatic N) is 1. The summed E-state index contributed by atoms with van der Waals surface area (Å²) >= 11 is 0. The lowest BCUT2D eigenvalue weighted by Gasteiger charge is -2.25. The molecule has 3 nitrogen and oxygen atoms in total. The molecule has 0 heterocycles. The van der Waals surface area contributed by atoms with Crippen LogP contribution in [0.15, 0.2) is 24.3 Å². The smallest absolute Gasteiger partial charge is 0.227 e. The molecule has 17 heavy (non-hydrogen) atoms. The van der Waals surface area contributed by atoms with Gasteiger partial charge in [-0.15, -0.1) is 0 Å². The summed E-state index contributed by atoms with van der Waals surface area (Å²) < 4.78 is 0. The van der Waals surface area contributed by atoms with Crippen LogP contribution in [0.3, 0.4) is 0 Å². The Morgan fingerprint density at radius 3 is 2.41 bits per heavy atom. The van der Waals surface area contributed by atoms with Crippen LogP contribution in [0.5, 0.6) is 0 Å². The van der Waals surface area contributed by atoms with Gasteiger partial charge in [0.1, 0.15) is 0 Å². The summed E-state index contributed by atoms with van der Waals surface area (Å²) in [6, 6.07) is 8.50. The molecule has 0 aliphatic heterocycles. The monoisotopic (exact) mass is 232 g/mol. The number of benzene rings is 1. The van der Waals surface area contributed by atoms with Crippen LogP contribution in [0.1, 0.15) is 30.5 Å². The molecular weight excluding hydrogens is 212 g/mol. The SMILES string of the molecule is Cc1ccc(C(C)N(C)C(=O)C2CC2N)cc1. The van der Waals surface area contributed by atoms with E-state index in [2.05, 4.69) is 38.1 Å². The molecule has 1 fully saturated rings. The lowest BCUT2D eigenvalue weighted by atomic mass is 10.1. The first-order chi connectivity index (χ1) is 8.00. The molecule has 1 saturated carbocycles. The molecular formula is C14H20N2O. The van der Waals surface area contributed by atoms with E-state index < -0.39 is 0 Å². The average Bonchev–Trinajstić information content (AvgIpc) is 3.04. The Bertz CT molecular complexity index is 413. The third-order valence-electron chi connectivity index (χ3n) is 3.65. The highest BCUT2D eigenvalue weighted by molar-refractivity contribution is 5.82. The van der Waals surface area contributed by atoms with Crippen molar-refractivity contribution in [2.45, 2.75) is 32.4 Å². The Morgan fingerprint density at radius 1 is 1.41 bits per heavy atom.